The molecule has 0 aromatic heterocycles. The Kier molecular flexibility index (Phi) is 7.02. The lowest BCUT2D eigenvalue weighted by Gasteiger charge is -2.32. The molecule has 4 rings (SSSR count). The molecule has 1 amide bonds. The Morgan fingerprint density at radius 1 is 0.688 bits per heavy atom. The van der Waals surface area contributed by atoms with E-state index >= 15 is 0 Å². The molecule has 32 heavy (non-hydrogen) atoms. The Morgan fingerprint density at radius 3 is 1.47 bits per heavy atom. The number of amides is 1. The van der Waals surface area contributed by atoms with Crippen LogP contribution in [-0.2, 0) is 17.4 Å². The van der Waals surface area contributed by atoms with Crippen molar-refractivity contribution in [3.8, 4) is 0 Å². The molecule has 0 atom stereocenters. The van der Waals surface area contributed by atoms with Gasteiger partial charge in [0.2, 0.25) is 6.41 Å². The van der Waals surface area contributed by atoms with Gasteiger partial charge in [-0.2, -0.15) is 0 Å². The largest absolute Gasteiger partial charge is 0.774 e. The minimum atomic E-state index is -2.51. The molecule has 0 aliphatic carbocycles. The highest BCUT2D eigenvalue weighted by Gasteiger charge is 2.50. The second-order valence-corrected chi connectivity index (χ2v) is 11.3. The lowest BCUT2D eigenvalue weighted by Crippen LogP contribution is -2.36. The molecule has 158 valence electrons. The van der Waals surface area contributed by atoms with E-state index < -0.39 is 7.26 Å². The quantitative estimate of drug-likeness (QED) is 0.225. The fourth-order valence-electron chi connectivity index (χ4n) is 3.90. The molecule has 1 N–H and O–H groups in total. The maximum absolute atomic E-state index is 12.0. The van der Waals surface area contributed by atoms with Gasteiger partial charge in [0.1, 0.15) is 15.9 Å². The Morgan fingerprint density at radius 2 is 1.09 bits per heavy atom. The summed E-state index contributed by atoms with van der Waals surface area (Å²) in [6, 6.07) is 38.3. The third kappa shape index (κ3) is 4.20. The van der Waals surface area contributed by atoms with Crippen molar-refractivity contribution in [1.82, 2.24) is 5.32 Å². The lowest BCUT2D eigenvalue weighted by atomic mass is 10.2. The van der Waals surface area contributed by atoms with E-state index in [1.807, 2.05) is 78.9 Å². The van der Waals surface area contributed by atoms with Crippen LogP contribution in [0.15, 0.2) is 121 Å². The Labute approximate surface area is 199 Å². The van der Waals surface area contributed by atoms with Crippen molar-refractivity contribution in [2.24, 2.45) is 0 Å². The Bertz CT molecular complexity index is 1120. The summed E-state index contributed by atoms with van der Waals surface area (Å²) < 4.78 is 0. The highest BCUT2D eigenvalue weighted by molar-refractivity contribution is 7.99. The molecular weight excluding hydrogens is 453 g/mol. The van der Waals surface area contributed by atoms with E-state index in [0.717, 1.165) is 33.3 Å². The second-order valence-electron chi connectivity index (χ2n) is 7.12. The van der Waals surface area contributed by atoms with Crippen molar-refractivity contribution in [2.75, 3.05) is 0 Å². The SMILES string of the molecule is O=CNC(=C([S-])c1ccc(Cl)cc1)[P+](c1ccccc1)(c1ccccc1)c1ccccc1. The molecular formula is C27H21ClNOPS. The number of benzene rings is 4. The normalized spacial score (nSPS) is 12.0. The van der Waals surface area contributed by atoms with E-state index in [9.17, 15) is 4.79 Å². The summed E-state index contributed by atoms with van der Waals surface area (Å²) in [7, 11) is -2.51. The van der Waals surface area contributed by atoms with E-state index in [4.69, 9.17) is 24.2 Å². The summed E-state index contributed by atoms with van der Waals surface area (Å²) in [5, 5.41) is 7.01. The lowest BCUT2D eigenvalue weighted by molar-refractivity contribution is -0.108. The predicted molar refractivity (Wildman–Crippen MR) is 140 cm³/mol. The van der Waals surface area contributed by atoms with Gasteiger partial charge in [-0.15, -0.1) is 4.91 Å². The molecule has 0 heterocycles. The van der Waals surface area contributed by atoms with Gasteiger partial charge >= 0.3 is 0 Å². The number of hydrogen-bond donors (Lipinski definition) is 1. The average Bonchev–Trinajstić information content (AvgIpc) is 2.86. The minimum Gasteiger partial charge on any atom is -0.774 e. The van der Waals surface area contributed by atoms with Crippen LogP contribution < -0.4 is 21.2 Å². The predicted octanol–water partition coefficient (Wildman–Crippen LogP) is 5.25. The summed E-state index contributed by atoms with van der Waals surface area (Å²) >= 11 is 12.1. The van der Waals surface area contributed by atoms with E-state index in [1.54, 1.807) is 0 Å². The molecule has 5 heteroatoms. The van der Waals surface area contributed by atoms with Crippen LogP contribution in [0.4, 0.5) is 0 Å². The first kappa shape index (κ1) is 22.2. The number of hydrogen-bond acceptors (Lipinski definition) is 2. The van der Waals surface area contributed by atoms with Gasteiger partial charge in [-0.1, -0.05) is 78.3 Å². The molecule has 0 bridgehead atoms. The van der Waals surface area contributed by atoms with Crippen molar-refractivity contribution >= 4 is 58.7 Å². The smallest absolute Gasteiger partial charge is 0.213 e. The van der Waals surface area contributed by atoms with E-state index in [2.05, 4.69) is 41.7 Å². The summed E-state index contributed by atoms with van der Waals surface area (Å²) in [5.74, 6) is 0. The van der Waals surface area contributed by atoms with Gasteiger partial charge in [0.05, 0.1) is 0 Å². The molecule has 0 spiro atoms. The van der Waals surface area contributed by atoms with Crippen LogP contribution >= 0.6 is 18.9 Å². The van der Waals surface area contributed by atoms with Crippen LogP contribution in [0.25, 0.3) is 4.91 Å². The van der Waals surface area contributed by atoms with Crippen molar-refractivity contribution in [3.05, 3.63) is 131 Å². The minimum absolute atomic E-state index is 0.596. The van der Waals surface area contributed by atoms with Crippen LogP contribution in [0.1, 0.15) is 5.56 Å². The van der Waals surface area contributed by atoms with Gasteiger partial charge in [-0.3, -0.25) is 10.1 Å². The van der Waals surface area contributed by atoms with Crippen molar-refractivity contribution < 1.29 is 4.79 Å². The molecule has 0 aliphatic rings. The van der Waals surface area contributed by atoms with Crippen LogP contribution in [-0.4, -0.2) is 6.41 Å². The molecule has 0 saturated heterocycles. The maximum atomic E-state index is 12.0. The maximum Gasteiger partial charge on any atom is 0.213 e. The van der Waals surface area contributed by atoms with Gasteiger partial charge in [0, 0.05) is 5.02 Å². The van der Waals surface area contributed by atoms with Gasteiger partial charge in [-0.25, -0.2) is 0 Å². The van der Waals surface area contributed by atoms with E-state index in [-0.39, 0.29) is 0 Å². The van der Waals surface area contributed by atoms with Crippen molar-refractivity contribution in [3.63, 3.8) is 0 Å². The second kappa shape index (κ2) is 10.1. The highest BCUT2D eigenvalue weighted by atomic mass is 35.5. The number of nitrogens with one attached hydrogen (secondary N) is 1. The van der Waals surface area contributed by atoms with Crippen LogP contribution in [0.2, 0.25) is 5.02 Å². The molecule has 4 aromatic rings. The first-order chi connectivity index (χ1) is 15.7. The topological polar surface area (TPSA) is 29.1 Å². The zero-order chi connectivity index (χ0) is 22.4. The summed E-state index contributed by atoms with van der Waals surface area (Å²) in [6.07, 6.45) is 0.723. The van der Waals surface area contributed by atoms with E-state index in [0.29, 0.717) is 9.93 Å². The van der Waals surface area contributed by atoms with Gasteiger partial charge < -0.3 is 12.6 Å². The first-order valence-corrected chi connectivity index (χ1v) is 12.7. The molecule has 4 aromatic carbocycles. The molecule has 0 aliphatic heterocycles. The van der Waals surface area contributed by atoms with Crippen molar-refractivity contribution in [1.29, 1.82) is 0 Å². The number of carbonyl (C=O) groups is 1. The summed E-state index contributed by atoms with van der Waals surface area (Å²) in [5.41, 5.74) is 1.56. The van der Waals surface area contributed by atoms with Gasteiger partial charge in [-0.05, 0) is 54.1 Å². The molecule has 0 unspecified atom stereocenters. The zero-order valence-corrected chi connectivity index (χ0v) is 19.7. The Hall–Kier alpha value is -2.97. The number of carbonyl (C=O) groups excluding carboxylic acids is 1. The van der Waals surface area contributed by atoms with Crippen LogP contribution in [0.3, 0.4) is 0 Å². The third-order valence-corrected chi connectivity index (χ3v) is 10.4. The van der Waals surface area contributed by atoms with Crippen LogP contribution in [0.5, 0.6) is 0 Å². The fraction of sp³-hybridized carbons (Fsp3) is 0. The van der Waals surface area contributed by atoms with Gasteiger partial charge in [0.15, 0.2) is 12.7 Å². The van der Waals surface area contributed by atoms with Crippen LogP contribution in [0, 0.1) is 0 Å². The first-order valence-electron chi connectivity index (χ1n) is 10.1. The molecule has 0 radical (unpaired) electrons. The Balaban J connectivity index is 2.15. The van der Waals surface area contributed by atoms with Crippen molar-refractivity contribution in [2.45, 2.75) is 0 Å². The number of rotatable bonds is 7. The third-order valence-electron chi connectivity index (χ3n) is 5.28. The monoisotopic (exact) mass is 473 g/mol. The van der Waals surface area contributed by atoms with Gasteiger partial charge in [0.25, 0.3) is 0 Å². The fourth-order valence-corrected chi connectivity index (χ4v) is 8.84. The molecule has 2 nitrogen and oxygen atoms in total. The summed E-state index contributed by atoms with van der Waals surface area (Å²) in [6.45, 7) is 0. The molecule has 0 fully saturated rings. The summed E-state index contributed by atoms with van der Waals surface area (Å²) in [4.78, 5) is 12.5. The average molecular weight is 474 g/mol. The highest BCUT2D eigenvalue weighted by Crippen LogP contribution is 2.62. The standard InChI is InChI=1S/C27H21ClNOPS/c28-22-18-16-21(17-19-22)26(32)27(29-20-30)31(23-10-4-1-5-11-23,24-12-6-2-7-13-24)25-14-8-3-9-15-25/h1-20H,(H-,29,30,32). The molecule has 0 saturated carbocycles. The van der Waals surface area contributed by atoms with E-state index in [1.165, 1.54) is 0 Å². The number of halogens is 1. The zero-order valence-electron chi connectivity index (χ0n) is 17.2.